The van der Waals surface area contributed by atoms with E-state index in [0.29, 0.717) is 43.8 Å². The van der Waals surface area contributed by atoms with Gasteiger partial charge in [-0.2, -0.15) is 0 Å². The molecule has 0 unspecified atom stereocenters. The van der Waals surface area contributed by atoms with Crippen LogP contribution in [0, 0.1) is 5.92 Å². The number of amides is 1. The Bertz CT molecular complexity index is 571. The van der Waals surface area contributed by atoms with Crippen LogP contribution in [0.5, 0.6) is 0 Å². The van der Waals surface area contributed by atoms with Crippen molar-refractivity contribution >= 4 is 23.7 Å². The topological polar surface area (TPSA) is 77.5 Å². The van der Waals surface area contributed by atoms with Crippen molar-refractivity contribution in [3.63, 3.8) is 0 Å². The zero-order valence-electron chi connectivity index (χ0n) is 15.5. The van der Waals surface area contributed by atoms with Crippen molar-refractivity contribution in [2.24, 2.45) is 5.92 Å². The van der Waals surface area contributed by atoms with Gasteiger partial charge in [0.25, 0.3) is 5.91 Å². The summed E-state index contributed by atoms with van der Waals surface area (Å²) in [4.78, 5) is 27.9. The van der Waals surface area contributed by atoms with Crippen LogP contribution in [-0.4, -0.2) is 49.3 Å². The molecule has 1 aromatic rings. The van der Waals surface area contributed by atoms with Gasteiger partial charge in [0, 0.05) is 24.9 Å². The Labute approximate surface area is 159 Å². The summed E-state index contributed by atoms with van der Waals surface area (Å²) in [5, 5.41) is 2.80. The van der Waals surface area contributed by atoms with Crippen LogP contribution >= 0.6 is 12.0 Å². The van der Waals surface area contributed by atoms with Crippen LogP contribution in [0.4, 0.5) is 0 Å². The number of ether oxygens (including phenoxy) is 1. The van der Waals surface area contributed by atoms with E-state index in [9.17, 15) is 9.59 Å². The first-order valence-corrected chi connectivity index (χ1v) is 10.2. The van der Waals surface area contributed by atoms with E-state index in [2.05, 4.69) is 10.3 Å². The minimum Gasteiger partial charge on any atom is -0.377 e. The van der Waals surface area contributed by atoms with Gasteiger partial charge in [-0.05, 0) is 62.2 Å². The maximum absolute atomic E-state index is 12.1. The number of nitrogens with zero attached hydrogens (tertiary/aromatic N) is 1. The Morgan fingerprint density at radius 2 is 1.96 bits per heavy atom. The highest BCUT2D eigenvalue weighted by molar-refractivity contribution is 7.93. The minimum absolute atomic E-state index is 0.194. The third kappa shape index (κ3) is 6.70. The number of hydrogen-bond acceptors (Lipinski definition) is 6. The lowest BCUT2D eigenvalue weighted by atomic mass is 9.78. The maximum Gasteiger partial charge on any atom is 0.269 e. The quantitative estimate of drug-likeness (QED) is 0.497. The van der Waals surface area contributed by atoms with Gasteiger partial charge in [0.2, 0.25) is 0 Å². The van der Waals surface area contributed by atoms with Gasteiger partial charge in [-0.3, -0.25) is 14.6 Å². The highest BCUT2D eigenvalue weighted by Crippen LogP contribution is 2.35. The summed E-state index contributed by atoms with van der Waals surface area (Å²) in [5.41, 5.74) is 1.57. The molecule has 0 aromatic carbocycles. The van der Waals surface area contributed by atoms with Gasteiger partial charge in [0.05, 0.1) is 19.8 Å². The summed E-state index contributed by atoms with van der Waals surface area (Å²) in [6, 6.07) is 3.76. The molecule has 2 rings (SSSR count). The third-order valence-electron chi connectivity index (χ3n) is 4.75. The van der Waals surface area contributed by atoms with Crippen molar-refractivity contribution in [3.8, 4) is 0 Å². The Hall–Kier alpha value is -1.44. The molecule has 0 saturated heterocycles. The monoisotopic (exact) mass is 380 g/mol. The summed E-state index contributed by atoms with van der Waals surface area (Å²) in [5.74, 6) is 0.765. The SMILES string of the molecule is CSOCCOCCNC(=O)c1ccc(C2CCC(C(C)=O)CC2)cn1. The van der Waals surface area contributed by atoms with Gasteiger partial charge in [-0.1, -0.05) is 6.07 Å². The van der Waals surface area contributed by atoms with Crippen molar-refractivity contribution in [2.45, 2.75) is 38.5 Å². The second-order valence-electron chi connectivity index (χ2n) is 6.49. The largest absolute Gasteiger partial charge is 0.377 e. The summed E-state index contributed by atoms with van der Waals surface area (Å²) in [6.07, 6.45) is 7.57. The second-order valence-corrected chi connectivity index (χ2v) is 7.06. The molecular weight excluding hydrogens is 352 g/mol. The number of rotatable bonds is 10. The lowest BCUT2D eigenvalue weighted by Gasteiger charge is -2.27. The number of pyridine rings is 1. The predicted octanol–water partition coefficient (Wildman–Crippen LogP) is 2.99. The normalized spacial score (nSPS) is 19.9. The molecule has 0 spiro atoms. The molecule has 1 aliphatic rings. The third-order valence-corrected chi connectivity index (χ3v) is 5.16. The average Bonchev–Trinajstić information content (AvgIpc) is 2.67. The van der Waals surface area contributed by atoms with E-state index in [1.54, 1.807) is 19.2 Å². The zero-order valence-corrected chi connectivity index (χ0v) is 16.3. The Balaban J connectivity index is 1.71. The molecular formula is C19H28N2O4S. The molecule has 6 nitrogen and oxygen atoms in total. The molecule has 0 radical (unpaired) electrons. The molecule has 1 N–H and O–H groups in total. The Morgan fingerprint density at radius 3 is 2.58 bits per heavy atom. The van der Waals surface area contributed by atoms with Gasteiger partial charge >= 0.3 is 0 Å². The van der Waals surface area contributed by atoms with Crippen molar-refractivity contribution in [1.29, 1.82) is 0 Å². The van der Waals surface area contributed by atoms with Crippen LogP contribution in [0.25, 0.3) is 0 Å². The van der Waals surface area contributed by atoms with E-state index < -0.39 is 0 Å². The average molecular weight is 381 g/mol. The van der Waals surface area contributed by atoms with Gasteiger partial charge in [-0.15, -0.1) is 0 Å². The number of ketones is 1. The summed E-state index contributed by atoms with van der Waals surface area (Å²) in [7, 11) is 0. The molecule has 0 aliphatic heterocycles. The van der Waals surface area contributed by atoms with Crippen LogP contribution in [0.3, 0.4) is 0 Å². The van der Waals surface area contributed by atoms with Crippen molar-refractivity contribution in [1.82, 2.24) is 10.3 Å². The van der Waals surface area contributed by atoms with E-state index in [0.717, 1.165) is 31.2 Å². The smallest absolute Gasteiger partial charge is 0.269 e. The fourth-order valence-electron chi connectivity index (χ4n) is 3.22. The first kappa shape index (κ1) is 20.9. The molecule has 1 fully saturated rings. The number of carbonyl (C=O) groups is 2. The standard InChI is InChI=1S/C19H28N2O4S/c1-14(22)15-3-5-16(6-4-15)17-7-8-18(21-13-17)19(23)20-9-10-24-11-12-25-26-2/h7-8,13,15-16H,3-6,9-12H2,1-2H3,(H,20,23). The molecule has 1 amide bonds. The molecule has 7 heteroatoms. The summed E-state index contributed by atoms with van der Waals surface area (Å²) < 4.78 is 10.4. The van der Waals surface area contributed by atoms with E-state index in [-0.39, 0.29) is 11.8 Å². The first-order valence-electron chi connectivity index (χ1n) is 9.09. The van der Waals surface area contributed by atoms with Crippen LogP contribution in [0.15, 0.2) is 18.3 Å². The lowest BCUT2D eigenvalue weighted by molar-refractivity contribution is -0.121. The molecule has 144 valence electrons. The number of carbonyl (C=O) groups excluding carboxylic acids is 2. The highest BCUT2D eigenvalue weighted by Gasteiger charge is 2.25. The molecule has 1 heterocycles. The van der Waals surface area contributed by atoms with Gasteiger partial charge in [0.15, 0.2) is 0 Å². The number of aromatic nitrogens is 1. The lowest BCUT2D eigenvalue weighted by Crippen LogP contribution is -2.28. The van der Waals surface area contributed by atoms with Gasteiger partial charge in [-0.25, -0.2) is 0 Å². The van der Waals surface area contributed by atoms with Crippen LogP contribution < -0.4 is 5.32 Å². The molecule has 1 aromatic heterocycles. The molecule has 0 atom stereocenters. The fourth-order valence-corrected chi connectivity index (χ4v) is 3.45. The second kappa shape index (κ2) is 11.3. The highest BCUT2D eigenvalue weighted by atomic mass is 32.2. The predicted molar refractivity (Wildman–Crippen MR) is 102 cm³/mol. The van der Waals surface area contributed by atoms with Crippen molar-refractivity contribution < 1.29 is 18.5 Å². The number of hydrogen-bond donors (Lipinski definition) is 1. The number of Topliss-reactive ketones (excluding diaryl/α,β-unsaturated/α-hetero) is 1. The van der Waals surface area contributed by atoms with Crippen LogP contribution in [0.1, 0.15) is 54.6 Å². The van der Waals surface area contributed by atoms with Crippen molar-refractivity contribution in [2.75, 3.05) is 32.6 Å². The van der Waals surface area contributed by atoms with Crippen molar-refractivity contribution in [3.05, 3.63) is 29.6 Å². The zero-order chi connectivity index (χ0) is 18.8. The molecule has 26 heavy (non-hydrogen) atoms. The molecule has 1 saturated carbocycles. The maximum atomic E-state index is 12.1. The van der Waals surface area contributed by atoms with E-state index in [1.807, 2.05) is 12.3 Å². The minimum atomic E-state index is -0.194. The van der Waals surface area contributed by atoms with Gasteiger partial charge in [0.1, 0.15) is 11.5 Å². The van der Waals surface area contributed by atoms with E-state index in [1.165, 1.54) is 12.0 Å². The summed E-state index contributed by atoms with van der Waals surface area (Å²) in [6.45, 7) is 3.61. The Morgan fingerprint density at radius 1 is 1.19 bits per heavy atom. The first-order chi connectivity index (χ1) is 12.6. The van der Waals surface area contributed by atoms with E-state index in [4.69, 9.17) is 8.92 Å². The van der Waals surface area contributed by atoms with Crippen LogP contribution in [-0.2, 0) is 13.7 Å². The van der Waals surface area contributed by atoms with Gasteiger partial charge < -0.3 is 14.2 Å². The molecule has 1 aliphatic carbocycles. The summed E-state index contributed by atoms with van der Waals surface area (Å²) >= 11 is 1.31. The molecule has 0 bridgehead atoms. The number of nitrogens with one attached hydrogen (secondary N) is 1. The van der Waals surface area contributed by atoms with Crippen LogP contribution in [0.2, 0.25) is 0 Å². The fraction of sp³-hybridized carbons (Fsp3) is 0.632. The van der Waals surface area contributed by atoms with E-state index >= 15 is 0 Å². The Kier molecular flexibility index (Phi) is 9.08.